The van der Waals surface area contributed by atoms with Crippen LogP contribution in [0.4, 0.5) is 0 Å². The van der Waals surface area contributed by atoms with Crippen LogP contribution < -0.4 is 0 Å². The third kappa shape index (κ3) is 4.13. The summed E-state index contributed by atoms with van der Waals surface area (Å²) in [6, 6.07) is 61.6. The Morgan fingerprint density at radius 3 is 1.80 bits per heavy atom. The van der Waals surface area contributed by atoms with Gasteiger partial charge < -0.3 is 4.57 Å². The van der Waals surface area contributed by atoms with Gasteiger partial charge in [0.2, 0.25) is 0 Å². The Balaban J connectivity index is 1.03. The molecule has 0 amide bonds. The molecule has 4 heteroatoms. The SMILES string of the molecule is c1ccc(-c2cccc(-n3c4ccccc4c4cc(-c5ccc6c(c5)c5ccccc5n6-c5cc6cccc7c6c(n5)-c5ccncc5-7)ccc43)c2)cc1. The number of pyridine rings is 2. The van der Waals surface area contributed by atoms with E-state index in [0.717, 1.165) is 39.4 Å². The van der Waals surface area contributed by atoms with Crippen molar-refractivity contribution in [2.24, 2.45) is 0 Å². The van der Waals surface area contributed by atoms with Crippen molar-refractivity contribution in [3.05, 3.63) is 182 Å². The van der Waals surface area contributed by atoms with E-state index in [2.05, 4.69) is 184 Å². The van der Waals surface area contributed by atoms with Crippen molar-refractivity contribution in [1.29, 1.82) is 0 Å². The summed E-state index contributed by atoms with van der Waals surface area (Å²) in [6.45, 7) is 0. The maximum atomic E-state index is 5.38. The minimum atomic E-state index is 0.920. The first-order valence-corrected chi connectivity index (χ1v) is 18.4. The first-order valence-electron chi connectivity index (χ1n) is 18.4. The van der Waals surface area contributed by atoms with Crippen molar-refractivity contribution in [2.45, 2.75) is 0 Å². The lowest BCUT2D eigenvalue weighted by atomic mass is 10.0. The number of hydrogen-bond donors (Lipinski definition) is 0. The van der Waals surface area contributed by atoms with Gasteiger partial charge in [-0.25, -0.2) is 4.98 Å². The first-order chi connectivity index (χ1) is 26.8. The molecule has 0 spiro atoms. The molecule has 4 nitrogen and oxygen atoms in total. The lowest BCUT2D eigenvalue weighted by Crippen LogP contribution is -1.99. The Kier molecular flexibility index (Phi) is 6.02. The molecule has 1 aliphatic carbocycles. The third-order valence-electron chi connectivity index (χ3n) is 11.3. The van der Waals surface area contributed by atoms with E-state index in [1.54, 1.807) is 0 Å². The quantitative estimate of drug-likeness (QED) is 0.185. The zero-order valence-electron chi connectivity index (χ0n) is 29.1. The highest BCUT2D eigenvalue weighted by molar-refractivity contribution is 6.16. The number of hydrogen-bond acceptors (Lipinski definition) is 2. The molecule has 0 aliphatic heterocycles. The van der Waals surface area contributed by atoms with Crippen LogP contribution in [0.15, 0.2) is 182 Å². The zero-order valence-corrected chi connectivity index (χ0v) is 29.1. The Morgan fingerprint density at radius 2 is 1.02 bits per heavy atom. The van der Waals surface area contributed by atoms with Crippen LogP contribution in [0.3, 0.4) is 0 Å². The topological polar surface area (TPSA) is 35.6 Å². The lowest BCUT2D eigenvalue weighted by molar-refractivity contribution is 1.09. The van der Waals surface area contributed by atoms with E-state index in [-0.39, 0.29) is 0 Å². The lowest BCUT2D eigenvalue weighted by Gasteiger charge is -2.11. The molecule has 0 radical (unpaired) electrons. The Labute approximate surface area is 310 Å². The van der Waals surface area contributed by atoms with Crippen molar-refractivity contribution >= 4 is 54.4 Å². The maximum Gasteiger partial charge on any atom is 0.138 e. The fourth-order valence-electron chi connectivity index (χ4n) is 8.93. The first kappa shape index (κ1) is 29.3. The predicted octanol–water partition coefficient (Wildman–Crippen LogP) is 12.8. The highest BCUT2D eigenvalue weighted by atomic mass is 15.1. The molecule has 11 aromatic rings. The fraction of sp³-hybridized carbons (Fsp3) is 0. The molecule has 0 N–H and O–H groups in total. The van der Waals surface area contributed by atoms with Gasteiger partial charge in [-0.1, -0.05) is 109 Å². The predicted molar refractivity (Wildman–Crippen MR) is 224 cm³/mol. The minimum Gasteiger partial charge on any atom is -0.309 e. The largest absolute Gasteiger partial charge is 0.309 e. The van der Waals surface area contributed by atoms with Gasteiger partial charge in [-0.05, 0) is 93.9 Å². The summed E-state index contributed by atoms with van der Waals surface area (Å²) < 4.78 is 4.73. The average Bonchev–Trinajstić information content (AvgIpc) is 3.87. The molecule has 0 saturated heterocycles. The molecule has 0 fully saturated rings. The molecule has 4 heterocycles. The van der Waals surface area contributed by atoms with E-state index in [1.165, 1.54) is 71.2 Å². The second-order valence-electron chi connectivity index (χ2n) is 14.2. The summed E-state index contributed by atoms with van der Waals surface area (Å²) in [4.78, 5) is 9.82. The number of rotatable bonds is 4. The van der Waals surface area contributed by atoms with Gasteiger partial charge in [0.15, 0.2) is 0 Å². The number of benzene rings is 7. The molecule has 0 bridgehead atoms. The van der Waals surface area contributed by atoms with Crippen LogP contribution in [0, 0.1) is 0 Å². The van der Waals surface area contributed by atoms with Gasteiger partial charge in [-0.15, -0.1) is 0 Å². The Hall–Kier alpha value is -7.30. The molecule has 250 valence electrons. The molecule has 54 heavy (non-hydrogen) atoms. The van der Waals surface area contributed by atoms with Crippen molar-refractivity contribution in [3.8, 4) is 56.1 Å². The third-order valence-corrected chi connectivity index (χ3v) is 11.3. The summed E-state index contributed by atoms with van der Waals surface area (Å²) in [5.74, 6) is 0.920. The van der Waals surface area contributed by atoms with Gasteiger partial charge in [0.1, 0.15) is 5.82 Å². The van der Waals surface area contributed by atoms with Gasteiger partial charge in [-0.3, -0.25) is 9.55 Å². The monoisotopic (exact) mass is 686 g/mol. The molecule has 0 atom stereocenters. The van der Waals surface area contributed by atoms with Gasteiger partial charge in [0.25, 0.3) is 0 Å². The van der Waals surface area contributed by atoms with Crippen LogP contribution in [0.5, 0.6) is 0 Å². The molecule has 1 aliphatic rings. The molecule has 12 rings (SSSR count). The summed E-state index contributed by atoms with van der Waals surface area (Å²) in [5.41, 5.74) is 15.1. The molecular weight excluding hydrogens is 657 g/mol. The number of nitrogens with zero attached hydrogens (tertiary/aromatic N) is 4. The van der Waals surface area contributed by atoms with E-state index < -0.39 is 0 Å². The van der Waals surface area contributed by atoms with Crippen LogP contribution in [0.25, 0.3) is 111 Å². The Bertz CT molecular complexity index is 3330. The second kappa shape index (κ2) is 11.1. The smallest absolute Gasteiger partial charge is 0.138 e. The maximum absolute atomic E-state index is 5.38. The van der Waals surface area contributed by atoms with Crippen molar-refractivity contribution in [3.63, 3.8) is 0 Å². The van der Waals surface area contributed by atoms with Crippen LogP contribution in [0.2, 0.25) is 0 Å². The standard InChI is InChI=1S/C50H30N4/c1-2-10-31(11-3-1)32-12-8-14-36(26-32)53-44-18-6-4-15-37(44)41-27-33(20-22-46(41)53)34-21-23-47-42(28-34)38-16-5-7-19-45(38)54(47)48-29-35-13-9-17-39-43-30-51-25-24-40(43)50(52-48)49(35)39/h1-30H. The van der Waals surface area contributed by atoms with Gasteiger partial charge in [0, 0.05) is 56.1 Å². The fourth-order valence-corrected chi connectivity index (χ4v) is 8.93. The van der Waals surface area contributed by atoms with E-state index in [9.17, 15) is 0 Å². The molecular formula is C50H30N4. The van der Waals surface area contributed by atoms with Gasteiger partial charge >= 0.3 is 0 Å². The van der Waals surface area contributed by atoms with Gasteiger partial charge in [-0.2, -0.15) is 0 Å². The summed E-state index contributed by atoms with van der Waals surface area (Å²) in [6.07, 6.45) is 3.83. The minimum absolute atomic E-state index is 0.920. The van der Waals surface area contributed by atoms with Gasteiger partial charge in [0.05, 0.1) is 27.8 Å². The average molecular weight is 687 g/mol. The highest BCUT2D eigenvalue weighted by Gasteiger charge is 2.25. The van der Waals surface area contributed by atoms with Crippen molar-refractivity contribution in [1.82, 2.24) is 19.1 Å². The van der Waals surface area contributed by atoms with Crippen LogP contribution in [0.1, 0.15) is 0 Å². The van der Waals surface area contributed by atoms with Crippen LogP contribution in [-0.2, 0) is 0 Å². The molecule has 4 aromatic heterocycles. The zero-order chi connectivity index (χ0) is 35.3. The summed E-state index contributed by atoms with van der Waals surface area (Å²) in [5, 5.41) is 7.29. The molecule has 0 unspecified atom stereocenters. The Morgan fingerprint density at radius 1 is 0.389 bits per heavy atom. The van der Waals surface area contributed by atoms with E-state index in [1.807, 2.05) is 12.4 Å². The van der Waals surface area contributed by atoms with Crippen molar-refractivity contribution < 1.29 is 0 Å². The highest BCUT2D eigenvalue weighted by Crippen LogP contribution is 2.47. The number of fused-ring (bicyclic) bond motifs is 9. The molecule has 7 aromatic carbocycles. The van der Waals surface area contributed by atoms with E-state index in [4.69, 9.17) is 4.98 Å². The number of para-hydroxylation sites is 2. The van der Waals surface area contributed by atoms with Crippen LogP contribution in [-0.4, -0.2) is 19.1 Å². The van der Waals surface area contributed by atoms with E-state index >= 15 is 0 Å². The van der Waals surface area contributed by atoms with Crippen molar-refractivity contribution in [2.75, 3.05) is 0 Å². The summed E-state index contributed by atoms with van der Waals surface area (Å²) in [7, 11) is 0. The van der Waals surface area contributed by atoms with Crippen LogP contribution >= 0.6 is 0 Å². The van der Waals surface area contributed by atoms with E-state index in [0.29, 0.717) is 0 Å². The number of aromatic nitrogens is 4. The second-order valence-corrected chi connectivity index (χ2v) is 14.2. The normalized spacial score (nSPS) is 12.1. The summed E-state index contributed by atoms with van der Waals surface area (Å²) >= 11 is 0. The molecule has 0 saturated carbocycles.